The Morgan fingerprint density at radius 3 is 2.62 bits per heavy atom. The molecule has 6 nitrogen and oxygen atoms in total. The zero-order valence-corrected chi connectivity index (χ0v) is 17.0. The number of piperidine rings is 1. The van der Waals surface area contributed by atoms with Crippen LogP contribution in [0.15, 0.2) is 4.99 Å². The summed E-state index contributed by atoms with van der Waals surface area (Å²) in [6.45, 7) is 10.8. The molecule has 2 heterocycles. The minimum absolute atomic E-state index is 0.686. The summed E-state index contributed by atoms with van der Waals surface area (Å²) in [5.74, 6) is 2.50. The predicted octanol–water partition coefficient (Wildman–Crippen LogP) is 2.11. The molecule has 26 heavy (non-hydrogen) atoms. The highest BCUT2D eigenvalue weighted by Gasteiger charge is 2.16. The minimum atomic E-state index is 0.686. The molecule has 2 aliphatic rings. The summed E-state index contributed by atoms with van der Waals surface area (Å²) in [6, 6.07) is 0. The van der Waals surface area contributed by atoms with Gasteiger partial charge in [-0.1, -0.05) is 0 Å². The van der Waals surface area contributed by atoms with E-state index in [1.165, 1.54) is 32.4 Å². The SMILES string of the molecule is CCNC(=NCCCOCC1CCOCC1)NCCC1CCN(C)CC1. The van der Waals surface area contributed by atoms with Crippen LogP contribution in [0.3, 0.4) is 0 Å². The molecule has 0 aromatic carbocycles. The van der Waals surface area contributed by atoms with Crippen molar-refractivity contribution in [3.63, 3.8) is 0 Å². The molecule has 0 aromatic heterocycles. The van der Waals surface area contributed by atoms with Crippen LogP contribution in [0.5, 0.6) is 0 Å². The molecule has 2 aliphatic heterocycles. The molecule has 2 N–H and O–H groups in total. The summed E-state index contributed by atoms with van der Waals surface area (Å²) in [5, 5.41) is 6.84. The molecular formula is C20H40N4O2. The summed E-state index contributed by atoms with van der Waals surface area (Å²) < 4.78 is 11.2. The third-order valence-corrected chi connectivity index (χ3v) is 5.44. The van der Waals surface area contributed by atoms with Crippen molar-refractivity contribution in [1.82, 2.24) is 15.5 Å². The zero-order chi connectivity index (χ0) is 18.5. The lowest BCUT2D eigenvalue weighted by Crippen LogP contribution is -2.39. The Morgan fingerprint density at radius 1 is 1.12 bits per heavy atom. The van der Waals surface area contributed by atoms with Crippen LogP contribution in [0.4, 0.5) is 0 Å². The van der Waals surface area contributed by atoms with Crippen LogP contribution in [-0.2, 0) is 9.47 Å². The first-order chi connectivity index (χ1) is 12.8. The van der Waals surface area contributed by atoms with Gasteiger partial charge < -0.3 is 25.0 Å². The molecular weight excluding hydrogens is 328 g/mol. The van der Waals surface area contributed by atoms with E-state index in [1.807, 2.05) is 0 Å². The standard InChI is InChI=1S/C20H40N4O2/c1-3-21-20(23-11-5-18-6-12-24(2)13-7-18)22-10-4-14-26-17-19-8-15-25-16-9-19/h18-19H,3-17H2,1-2H3,(H2,21,22,23). The third kappa shape index (κ3) is 9.19. The van der Waals surface area contributed by atoms with Crippen LogP contribution < -0.4 is 10.6 Å². The van der Waals surface area contributed by atoms with E-state index < -0.39 is 0 Å². The number of hydrogen-bond acceptors (Lipinski definition) is 4. The van der Waals surface area contributed by atoms with Gasteiger partial charge in [0, 0.05) is 46.1 Å². The number of nitrogens with zero attached hydrogens (tertiary/aromatic N) is 2. The fourth-order valence-corrected chi connectivity index (χ4v) is 3.61. The van der Waals surface area contributed by atoms with Crippen LogP contribution >= 0.6 is 0 Å². The Bertz CT molecular complexity index is 378. The molecule has 0 unspecified atom stereocenters. The zero-order valence-electron chi connectivity index (χ0n) is 17.0. The maximum Gasteiger partial charge on any atom is 0.191 e. The highest BCUT2D eigenvalue weighted by atomic mass is 16.5. The van der Waals surface area contributed by atoms with E-state index in [0.29, 0.717) is 5.92 Å². The Labute approximate surface area is 160 Å². The van der Waals surface area contributed by atoms with Crippen molar-refractivity contribution in [2.75, 3.05) is 66.2 Å². The number of likely N-dealkylation sites (tertiary alicyclic amines) is 1. The fourth-order valence-electron chi connectivity index (χ4n) is 3.61. The van der Waals surface area contributed by atoms with Crippen LogP contribution in [0.25, 0.3) is 0 Å². The van der Waals surface area contributed by atoms with E-state index in [-0.39, 0.29) is 0 Å². The number of aliphatic imine (C=N–C) groups is 1. The van der Waals surface area contributed by atoms with E-state index in [9.17, 15) is 0 Å². The van der Waals surface area contributed by atoms with Crippen molar-refractivity contribution in [1.29, 1.82) is 0 Å². The molecule has 0 saturated carbocycles. The van der Waals surface area contributed by atoms with Crippen molar-refractivity contribution in [3.05, 3.63) is 0 Å². The average Bonchev–Trinajstić information content (AvgIpc) is 2.67. The summed E-state index contributed by atoms with van der Waals surface area (Å²) in [4.78, 5) is 7.11. The van der Waals surface area contributed by atoms with Gasteiger partial charge in [0.15, 0.2) is 5.96 Å². The smallest absolute Gasteiger partial charge is 0.191 e. The Hall–Kier alpha value is -0.850. The number of hydrogen-bond donors (Lipinski definition) is 2. The summed E-state index contributed by atoms with van der Waals surface area (Å²) in [5.41, 5.74) is 0. The molecule has 0 spiro atoms. The van der Waals surface area contributed by atoms with Gasteiger partial charge in [-0.3, -0.25) is 4.99 Å². The average molecular weight is 369 g/mol. The van der Waals surface area contributed by atoms with Gasteiger partial charge in [0.2, 0.25) is 0 Å². The van der Waals surface area contributed by atoms with Gasteiger partial charge in [0.25, 0.3) is 0 Å². The molecule has 6 heteroatoms. The van der Waals surface area contributed by atoms with E-state index in [2.05, 4.69) is 34.5 Å². The maximum absolute atomic E-state index is 5.81. The monoisotopic (exact) mass is 368 g/mol. The first-order valence-electron chi connectivity index (χ1n) is 10.6. The Morgan fingerprint density at radius 2 is 1.88 bits per heavy atom. The van der Waals surface area contributed by atoms with Crippen molar-refractivity contribution in [2.24, 2.45) is 16.8 Å². The van der Waals surface area contributed by atoms with Gasteiger partial charge in [-0.2, -0.15) is 0 Å². The lowest BCUT2D eigenvalue weighted by Gasteiger charge is -2.29. The largest absolute Gasteiger partial charge is 0.381 e. The molecule has 2 fully saturated rings. The summed E-state index contributed by atoms with van der Waals surface area (Å²) in [6.07, 6.45) is 7.17. The summed E-state index contributed by atoms with van der Waals surface area (Å²) in [7, 11) is 2.22. The quantitative estimate of drug-likeness (QED) is 0.351. The second kappa shape index (κ2) is 13.3. The minimum Gasteiger partial charge on any atom is -0.381 e. The molecule has 0 aromatic rings. The Balaban J connectivity index is 1.52. The van der Waals surface area contributed by atoms with E-state index >= 15 is 0 Å². The normalized spacial score (nSPS) is 21.1. The second-order valence-corrected chi connectivity index (χ2v) is 7.71. The van der Waals surface area contributed by atoms with Crippen LogP contribution in [0, 0.1) is 11.8 Å². The maximum atomic E-state index is 5.81. The number of nitrogens with one attached hydrogen (secondary N) is 2. The van der Waals surface area contributed by atoms with Crippen molar-refractivity contribution >= 4 is 5.96 Å². The second-order valence-electron chi connectivity index (χ2n) is 7.71. The molecule has 0 aliphatic carbocycles. The fraction of sp³-hybridized carbons (Fsp3) is 0.950. The van der Waals surface area contributed by atoms with Crippen LogP contribution in [0.2, 0.25) is 0 Å². The lowest BCUT2D eigenvalue weighted by atomic mass is 9.94. The topological polar surface area (TPSA) is 58.1 Å². The molecule has 0 radical (unpaired) electrons. The van der Waals surface area contributed by atoms with Gasteiger partial charge in [0.1, 0.15) is 0 Å². The first kappa shape index (κ1) is 21.5. The Kier molecular flexibility index (Phi) is 11.0. The molecule has 0 bridgehead atoms. The highest BCUT2D eigenvalue weighted by molar-refractivity contribution is 5.79. The lowest BCUT2D eigenvalue weighted by molar-refractivity contribution is 0.0205. The van der Waals surface area contributed by atoms with Crippen LogP contribution in [0.1, 0.15) is 45.4 Å². The van der Waals surface area contributed by atoms with Crippen LogP contribution in [-0.4, -0.2) is 77.1 Å². The van der Waals surface area contributed by atoms with Crippen molar-refractivity contribution < 1.29 is 9.47 Å². The van der Waals surface area contributed by atoms with Gasteiger partial charge in [-0.25, -0.2) is 0 Å². The highest BCUT2D eigenvalue weighted by Crippen LogP contribution is 2.18. The molecule has 0 atom stereocenters. The number of ether oxygens (including phenoxy) is 2. The van der Waals surface area contributed by atoms with Crippen molar-refractivity contribution in [2.45, 2.75) is 45.4 Å². The molecule has 152 valence electrons. The number of guanidine groups is 1. The van der Waals surface area contributed by atoms with Gasteiger partial charge in [-0.05, 0) is 77.4 Å². The van der Waals surface area contributed by atoms with E-state index in [0.717, 1.165) is 77.2 Å². The van der Waals surface area contributed by atoms with Gasteiger partial charge in [0.05, 0.1) is 0 Å². The molecule has 2 saturated heterocycles. The summed E-state index contributed by atoms with van der Waals surface area (Å²) >= 11 is 0. The van der Waals surface area contributed by atoms with E-state index in [4.69, 9.17) is 9.47 Å². The molecule has 2 rings (SSSR count). The third-order valence-electron chi connectivity index (χ3n) is 5.44. The number of rotatable bonds is 10. The van der Waals surface area contributed by atoms with Gasteiger partial charge >= 0.3 is 0 Å². The molecule has 0 amide bonds. The van der Waals surface area contributed by atoms with Crippen molar-refractivity contribution in [3.8, 4) is 0 Å². The van der Waals surface area contributed by atoms with E-state index in [1.54, 1.807) is 0 Å². The van der Waals surface area contributed by atoms with Gasteiger partial charge in [-0.15, -0.1) is 0 Å². The first-order valence-corrected chi connectivity index (χ1v) is 10.6. The predicted molar refractivity (Wildman–Crippen MR) is 108 cm³/mol.